The second-order valence-corrected chi connectivity index (χ2v) is 12.9. The van der Waals surface area contributed by atoms with Crippen LogP contribution >= 0.6 is 11.3 Å². The molecule has 1 unspecified atom stereocenters. The van der Waals surface area contributed by atoms with Crippen LogP contribution in [-0.2, 0) is 42.7 Å². The fourth-order valence-electron chi connectivity index (χ4n) is 4.70. The summed E-state index contributed by atoms with van der Waals surface area (Å²) in [5, 5.41) is 22.3. The molecule has 2 amide bonds. The molecule has 0 spiro atoms. The number of aromatic amines is 1. The second kappa shape index (κ2) is 14.0. The average Bonchev–Trinajstić information content (AvgIpc) is 3.81. The number of aryl methyl sites for hydroxylation is 2. The lowest BCUT2D eigenvalue weighted by molar-refractivity contribution is -0.753. The molecular weight excluding hydrogens is 672 g/mol. The molecule has 1 aliphatic rings. The van der Waals surface area contributed by atoms with Crippen LogP contribution in [0, 0.1) is 0 Å². The molecule has 1 aliphatic heterocycles. The van der Waals surface area contributed by atoms with E-state index in [1.165, 1.54) is 19.2 Å². The summed E-state index contributed by atoms with van der Waals surface area (Å²) in [6.07, 6.45) is 3.84. The Bertz CT molecular complexity index is 1890. The highest BCUT2D eigenvalue weighted by Gasteiger charge is 2.58. The molecule has 1 aromatic carbocycles. The Morgan fingerprint density at radius 2 is 2.04 bits per heavy atom. The molecule has 0 bridgehead atoms. The summed E-state index contributed by atoms with van der Waals surface area (Å²) in [5.41, 5.74) is 11.7. The molecule has 4 aromatic rings. The van der Waals surface area contributed by atoms with Gasteiger partial charge in [0.05, 0.1) is 23.8 Å². The lowest BCUT2D eigenvalue weighted by Crippen LogP contribution is -2.76. The predicted molar refractivity (Wildman–Crippen MR) is 167 cm³/mol. The summed E-state index contributed by atoms with van der Waals surface area (Å²) >= 11 is 1.03. The molecule has 7 N–H and O–H groups in total. The minimum Gasteiger partial charge on any atom is -0.489 e. The Balaban J connectivity index is 1.30. The highest BCUT2D eigenvalue weighted by molar-refractivity contribution is 7.80. The minimum atomic E-state index is -4.99. The van der Waals surface area contributed by atoms with E-state index < -0.39 is 39.9 Å². The van der Waals surface area contributed by atoms with E-state index in [9.17, 15) is 18.0 Å². The van der Waals surface area contributed by atoms with Crippen LogP contribution in [-0.4, -0.2) is 90.6 Å². The highest BCUT2D eigenvalue weighted by atomic mass is 32.3. The van der Waals surface area contributed by atoms with Crippen molar-refractivity contribution in [2.45, 2.75) is 44.5 Å². The maximum absolute atomic E-state index is 13.4. The quantitative estimate of drug-likeness (QED) is 0.0335. The first-order valence-electron chi connectivity index (χ1n) is 14.3. The number of rotatable bonds is 15. The van der Waals surface area contributed by atoms with Gasteiger partial charge in [-0.15, -0.1) is 30.5 Å². The van der Waals surface area contributed by atoms with E-state index in [-0.39, 0.29) is 29.0 Å². The first-order valence-corrected chi connectivity index (χ1v) is 16.5. The van der Waals surface area contributed by atoms with Gasteiger partial charge in [0.15, 0.2) is 17.9 Å². The first kappa shape index (κ1) is 34.3. The number of nitrogens with zero attached hydrogens (tertiary/aromatic N) is 8. The number of tetrazole rings is 1. The standard InChI is InChI=1S/C26H32N12O8S2/c1-26(2)21(24(40)38(26)46-48(41,42)43)30-23(39)20(18-14-47-25(28)29-18)33-45-19(22-31-34-35-32-22)13-44-17-7-5-15(6-8-17)16-11-36(3)37(12-16)10-4-9-27/h5-8,11-12,14,19,21H,4,9-10,13,27H2,1-3H3,(H4-,28,29,30,31,32,34,35,39,41,42,43)/p+1/b33-20-/t19?,21-/m1/s1. The zero-order chi connectivity index (χ0) is 34.6. The van der Waals surface area contributed by atoms with Crippen LogP contribution < -0.4 is 26.2 Å². The van der Waals surface area contributed by atoms with Gasteiger partial charge in [-0.05, 0) is 44.5 Å². The van der Waals surface area contributed by atoms with Crippen molar-refractivity contribution in [3.8, 4) is 16.9 Å². The lowest BCUT2D eigenvalue weighted by Gasteiger charge is -2.50. The van der Waals surface area contributed by atoms with Gasteiger partial charge in [-0.3, -0.25) is 14.1 Å². The maximum atomic E-state index is 13.4. The number of hydrogen-bond donors (Lipinski definition) is 5. The number of thiazole rings is 1. The maximum Gasteiger partial charge on any atom is 0.418 e. The van der Waals surface area contributed by atoms with Gasteiger partial charge in [0.2, 0.25) is 18.1 Å². The Hall–Kier alpha value is -5.03. The summed E-state index contributed by atoms with van der Waals surface area (Å²) in [4.78, 5) is 35.8. The molecule has 0 saturated carbocycles. The molecule has 4 heterocycles. The highest BCUT2D eigenvalue weighted by Crippen LogP contribution is 2.33. The topological polar surface area (TPSA) is 272 Å². The fraction of sp³-hybridized carbons (Fsp3) is 0.385. The smallest absolute Gasteiger partial charge is 0.418 e. The number of hydroxylamine groups is 2. The van der Waals surface area contributed by atoms with Crippen molar-refractivity contribution in [3.05, 3.63) is 53.6 Å². The summed E-state index contributed by atoms with van der Waals surface area (Å²) in [5.74, 6) is -1.29. The average molecular weight is 706 g/mol. The van der Waals surface area contributed by atoms with Crippen LogP contribution in [0.4, 0.5) is 5.13 Å². The Labute approximate surface area is 277 Å². The van der Waals surface area contributed by atoms with Crippen LogP contribution in [0.5, 0.6) is 5.75 Å². The zero-order valence-corrected chi connectivity index (χ0v) is 27.5. The number of β-lactam (4-membered cyclic amide) rings is 1. The molecule has 1 saturated heterocycles. The Morgan fingerprint density at radius 1 is 1.29 bits per heavy atom. The molecule has 2 atom stereocenters. The third-order valence-electron chi connectivity index (χ3n) is 7.22. The van der Waals surface area contributed by atoms with Gasteiger partial charge in [-0.25, -0.2) is 4.98 Å². The van der Waals surface area contributed by atoms with E-state index in [0.717, 1.165) is 35.4 Å². The molecule has 20 nitrogen and oxygen atoms in total. The van der Waals surface area contributed by atoms with Gasteiger partial charge in [0, 0.05) is 5.38 Å². The number of carbonyl (C=O) groups excluding carboxylic acids is 2. The number of hydrogen-bond acceptors (Lipinski definition) is 15. The van der Waals surface area contributed by atoms with Gasteiger partial charge in [-0.1, -0.05) is 22.5 Å². The molecule has 48 heavy (non-hydrogen) atoms. The lowest BCUT2D eigenvalue weighted by atomic mass is 9.84. The van der Waals surface area contributed by atoms with Crippen molar-refractivity contribution in [2.24, 2.45) is 17.9 Å². The number of H-pyrrole nitrogens is 1. The SMILES string of the molecule is C[n+]1cc(-c2ccc(OCC(O/N=C(\C(=O)N[C@@H]3C(=O)N(OS(=O)(=O)O)C3(C)C)c3csc(N)n3)c3nn[nH]n3)cc2)cn1CCCN. The van der Waals surface area contributed by atoms with Crippen LogP contribution in [0.15, 0.2) is 47.2 Å². The number of carbonyl (C=O) groups is 2. The van der Waals surface area contributed by atoms with E-state index in [1.54, 1.807) is 12.1 Å². The van der Waals surface area contributed by atoms with E-state index in [2.05, 4.69) is 45.0 Å². The number of nitrogen functional groups attached to an aromatic ring is 1. The number of benzene rings is 1. The number of nitrogens with two attached hydrogens (primary N) is 2. The van der Waals surface area contributed by atoms with Gasteiger partial charge >= 0.3 is 10.4 Å². The van der Waals surface area contributed by atoms with Gasteiger partial charge in [0.1, 0.15) is 24.1 Å². The number of anilines is 1. The van der Waals surface area contributed by atoms with Gasteiger partial charge in [-0.2, -0.15) is 23.4 Å². The van der Waals surface area contributed by atoms with Crippen molar-refractivity contribution in [3.63, 3.8) is 0 Å². The second-order valence-electron chi connectivity index (χ2n) is 11.0. The third kappa shape index (κ3) is 7.74. The number of ether oxygens (including phenoxy) is 1. The number of amides is 2. The Morgan fingerprint density at radius 3 is 2.65 bits per heavy atom. The first-order chi connectivity index (χ1) is 22.8. The molecule has 1 fully saturated rings. The summed E-state index contributed by atoms with van der Waals surface area (Å²) < 4.78 is 45.7. The normalized spacial score (nSPS) is 16.8. The Kier molecular flexibility index (Phi) is 10.00. The van der Waals surface area contributed by atoms with Crippen molar-refractivity contribution < 1.29 is 41.1 Å². The largest absolute Gasteiger partial charge is 0.489 e. The van der Waals surface area contributed by atoms with Crippen molar-refractivity contribution in [1.29, 1.82) is 0 Å². The van der Waals surface area contributed by atoms with Gasteiger partial charge in [0.25, 0.3) is 11.8 Å². The number of aromatic nitrogens is 7. The molecule has 5 rings (SSSR count). The molecule has 22 heteroatoms. The monoisotopic (exact) mass is 705 g/mol. The molecule has 0 radical (unpaired) electrons. The van der Waals surface area contributed by atoms with Crippen molar-refractivity contribution in [1.82, 2.24) is 40.7 Å². The van der Waals surface area contributed by atoms with E-state index in [4.69, 9.17) is 25.6 Å². The molecule has 256 valence electrons. The number of nitrogens with one attached hydrogen (secondary N) is 2. The van der Waals surface area contributed by atoms with Crippen LogP contribution in [0.3, 0.4) is 0 Å². The summed E-state index contributed by atoms with van der Waals surface area (Å²) in [6, 6.07) is 6.11. The van der Waals surface area contributed by atoms with Crippen LogP contribution in [0.1, 0.15) is 37.9 Å². The molecule has 0 aliphatic carbocycles. The van der Waals surface area contributed by atoms with E-state index in [1.807, 2.05) is 36.3 Å². The predicted octanol–water partition coefficient (Wildman–Crippen LogP) is -0.739. The summed E-state index contributed by atoms with van der Waals surface area (Å²) in [7, 11) is -3.03. The third-order valence-corrected chi connectivity index (χ3v) is 8.23. The molecular formula is C26H33N12O8S2+. The minimum absolute atomic E-state index is 0.0271. The van der Waals surface area contributed by atoms with Crippen molar-refractivity contribution >= 4 is 44.4 Å². The number of oxime groups is 1. The zero-order valence-electron chi connectivity index (χ0n) is 25.9. The van der Waals surface area contributed by atoms with E-state index in [0.29, 0.717) is 17.4 Å². The summed E-state index contributed by atoms with van der Waals surface area (Å²) in [6.45, 7) is 4.07. The van der Waals surface area contributed by atoms with E-state index >= 15 is 0 Å². The molecule has 3 aromatic heterocycles. The van der Waals surface area contributed by atoms with Crippen LogP contribution in [0.2, 0.25) is 0 Å². The van der Waals surface area contributed by atoms with Crippen molar-refractivity contribution in [2.75, 3.05) is 18.9 Å². The van der Waals surface area contributed by atoms with Crippen LogP contribution in [0.25, 0.3) is 11.1 Å². The fourth-order valence-corrected chi connectivity index (χ4v) is 5.70. The van der Waals surface area contributed by atoms with Gasteiger partial charge < -0.3 is 26.4 Å².